The molecule has 0 radical (unpaired) electrons. The minimum absolute atomic E-state index is 0.233. The zero-order valence-corrected chi connectivity index (χ0v) is 15.9. The summed E-state index contributed by atoms with van der Waals surface area (Å²) in [4.78, 5) is 26.9. The average molecular weight is 441 g/mol. The summed E-state index contributed by atoms with van der Waals surface area (Å²) < 4.78 is 7.06. The first-order chi connectivity index (χ1) is 11.5. The van der Waals surface area contributed by atoms with Crippen LogP contribution in [0.4, 0.5) is 0 Å². The van der Waals surface area contributed by atoms with Crippen LogP contribution in [0.1, 0.15) is 46.5 Å². The van der Waals surface area contributed by atoms with Crippen molar-refractivity contribution in [2.75, 3.05) is 13.6 Å². The highest BCUT2D eigenvalue weighted by Crippen LogP contribution is 2.27. The number of hydrogen-bond donors (Lipinski definition) is 3. The molecule has 2 rings (SSSR count). The summed E-state index contributed by atoms with van der Waals surface area (Å²) in [5.74, 6) is -0.267. The summed E-state index contributed by atoms with van der Waals surface area (Å²) in [6, 6.07) is 9.49. The van der Waals surface area contributed by atoms with Crippen molar-refractivity contribution in [1.82, 2.24) is 15.6 Å². The van der Waals surface area contributed by atoms with Gasteiger partial charge in [-0.1, -0.05) is 12.1 Å². The van der Waals surface area contributed by atoms with Gasteiger partial charge in [0.2, 0.25) is 0 Å². The molecule has 7 heteroatoms. The van der Waals surface area contributed by atoms with Gasteiger partial charge in [-0.15, -0.1) is 0 Å². The zero-order valence-electron chi connectivity index (χ0n) is 13.8. The number of aromatic amines is 1. The number of benzene rings is 1. The second kappa shape index (κ2) is 8.18. The Hall–Kier alpha value is -2.03. The van der Waals surface area contributed by atoms with Gasteiger partial charge in [0.1, 0.15) is 17.5 Å². The van der Waals surface area contributed by atoms with Crippen molar-refractivity contribution in [3.63, 3.8) is 0 Å². The number of hydrogen-bond acceptors (Lipinski definition) is 3. The molecule has 0 saturated carbocycles. The smallest absolute Gasteiger partial charge is 0.271 e. The van der Waals surface area contributed by atoms with Crippen LogP contribution >= 0.6 is 22.6 Å². The lowest BCUT2D eigenvalue weighted by Crippen LogP contribution is -2.23. The first-order valence-corrected chi connectivity index (χ1v) is 8.69. The van der Waals surface area contributed by atoms with Gasteiger partial charge in [-0.2, -0.15) is 0 Å². The van der Waals surface area contributed by atoms with Gasteiger partial charge < -0.3 is 20.4 Å². The lowest BCUT2D eigenvalue weighted by atomic mass is 10.1. The van der Waals surface area contributed by atoms with E-state index in [1.807, 2.05) is 38.1 Å². The standard InChI is InChI=1S/C17H20IN3O3/c1-4-20-16(22)13-9-14(15(21-13)17(23)19-3)24-10(2)11-5-7-12(18)8-6-11/h5-10,21H,4H2,1-3H3,(H,19,23)(H,20,22)/t10-/m1/s1. The largest absolute Gasteiger partial charge is 0.484 e. The van der Waals surface area contributed by atoms with Crippen LogP contribution in [0, 0.1) is 3.57 Å². The Balaban J connectivity index is 2.28. The van der Waals surface area contributed by atoms with E-state index < -0.39 is 0 Å². The third kappa shape index (κ3) is 4.28. The minimum Gasteiger partial charge on any atom is -0.484 e. The number of halogens is 1. The van der Waals surface area contributed by atoms with E-state index >= 15 is 0 Å². The predicted octanol–water partition coefficient (Wildman–Crippen LogP) is 2.87. The summed E-state index contributed by atoms with van der Waals surface area (Å²) in [6.07, 6.45) is -0.261. The van der Waals surface area contributed by atoms with Crippen LogP contribution in [0.5, 0.6) is 5.75 Å². The topological polar surface area (TPSA) is 83.2 Å². The van der Waals surface area contributed by atoms with E-state index in [1.54, 1.807) is 6.07 Å². The fourth-order valence-corrected chi connectivity index (χ4v) is 2.55. The van der Waals surface area contributed by atoms with Gasteiger partial charge in [0.15, 0.2) is 5.75 Å². The van der Waals surface area contributed by atoms with E-state index in [-0.39, 0.29) is 23.6 Å². The molecule has 24 heavy (non-hydrogen) atoms. The summed E-state index contributed by atoms with van der Waals surface area (Å²) >= 11 is 2.24. The Morgan fingerprint density at radius 1 is 1.25 bits per heavy atom. The van der Waals surface area contributed by atoms with E-state index in [9.17, 15) is 9.59 Å². The van der Waals surface area contributed by atoms with Crippen molar-refractivity contribution < 1.29 is 14.3 Å². The zero-order chi connectivity index (χ0) is 17.7. The minimum atomic E-state index is -0.338. The Kier molecular flexibility index (Phi) is 6.24. The van der Waals surface area contributed by atoms with Crippen molar-refractivity contribution in [3.05, 3.63) is 50.9 Å². The summed E-state index contributed by atoms with van der Waals surface area (Å²) in [5, 5.41) is 5.24. The maximum absolute atomic E-state index is 12.0. The third-order valence-electron chi connectivity index (χ3n) is 3.46. The van der Waals surface area contributed by atoms with Gasteiger partial charge in [-0.25, -0.2) is 0 Å². The van der Waals surface area contributed by atoms with Crippen LogP contribution in [0.15, 0.2) is 30.3 Å². The molecular weight excluding hydrogens is 421 g/mol. The SMILES string of the molecule is CCNC(=O)c1cc(O[C@H](C)c2ccc(I)cc2)c(C(=O)NC)[nH]1. The molecule has 1 aromatic carbocycles. The monoisotopic (exact) mass is 441 g/mol. The molecule has 2 aromatic rings. The lowest BCUT2D eigenvalue weighted by Gasteiger charge is -2.15. The predicted molar refractivity (Wildman–Crippen MR) is 100 cm³/mol. The molecule has 0 spiro atoms. The van der Waals surface area contributed by atoms with Gasteiger partial charge in [-0.05, 0) is 54.1 Å². The first kappa shape index (κ1) is 18.3. The molecular formula is C17H20IN3O3. The van der Waals surface area contributed by atoms with E-state index in [4.69, 9.17) is 4.74 Å². The molecule has 1 heterocycles. The fraction of sp³-hybridized carbons (Fsp3) is 0.294. The van der Waals surface area contributed by atoms with Crippen molar-refractivity contribution >= 4 is 34.4 Å². The Bertz CT molecular complexity index is 725. The summed E-state index contributed by atoms with van der Waals surface area (Å²) in [5.41, 5.74) is 1.51. The van der Waals surface area contributed by atoms with Gasteiger partial charge in [0.25, 0.3) is 11.8 Å². The Labute approximate surface area is 154 Å². The van der Waals surface area contributed by atoms with Crippen molar-refractivity contribution in [2.24, 2.45) is 0 Å². The average Bonchev–Trinajstić information content (AvgIpc) is 2.99. The molecule has 0 bridgehead atoms. The number of carbonyl (C=O) groups excluding carboxylic acids is 2. The van der Waals surface area contributed by atoms with Gasteiger partial charge in [0, 0.05) is 23.2 Å². The van der Waals surface area contributed by atoms with Crippen LogP contribution in [-0.2, 0) is 0 Å². The third-order valence-corrected chi connectivity index (χ3v) is 4.18. The molecule has 6 nitrogen and oxygen atoms in total. The van der Waals surface area contributed by atoms with Crippen molar-refractivity contribution in [3.8, 4) is 5.75 Å². The van der Waals surface area contributed by atoms with Crippen LogP contribution in [-0.4, -0.2) is 30.4 Å². The van der Waals surface area contributed by atoms with Gasteiger partial charge >= 0.3 is 0 Å². The molecule has 128 valence electrons. The Morgan fingerprint density at radius 3 is 2.50 bits per heavy atom. The van der Waals surface area contributed by atoms with Crippen molar-refractivity contribution in [1.29, 1.82) is 0 Å². The molecule has 3 N–H and O–H groups in total. The number of carbonyl (C=O) groups is 2. The normalized spacial score (nSPS) is 11.7. The molecule has 0 aliphatic heterocycles. The molecule has 0 aliphatic carbocycles. The lowest BCUT2D eigenvalue weighted by molar-refractivity contribution is 0.0951. The second-order valence-corrected chi connectivity index (χ2v) is 6.42. The van der Waals surface area contributed by atoms with Crippen LogP contribution < -0.4 is 15.4 Å². The molecule has 0 aliphatic rings. The van der Waals surface area contributed by atoms with E-state index in [0.717, 1.165) is 9.13 Å². The highest BCUT2D eigenvalue weighted by atomic mass is 127. The highest BCUT2D eigenvalue weighted by molar-refractivity contribution is 14.1. The Morgan fingerprint density at radius 2 is 1.92 bits per heavy atom. The number of aromatic nitrogens is 1. The summed E-state index contributed by atoms with van der Waals surface area (Å²) in [7, 11) is 1.53. The number of ether oxygens (including phenoxy) is 1. The second-order valence-electron chi connectivity index (χ2n) is 5.17. The van der Waals surface area contributed by atoms with E-state index in [1.165, 1.54) is 7.05 Å². The van der Waals surface area contributed by atoms with Crippen LogP contribution in [0.3, 0.4) is 0 Å². The van der Waals surface area contributed by atoms with Gasteiger partial charge in [0.05, 0.1) is 0 Å². The molecule has 0 fully saturated rings. The fourth-order valence-electron chi connectivity index (χ4n) is 2.19. The highest BCUT2D eigenvalue weighted by Gasteiger charge is 2.21. The van der Waals surface area contributed by atoms with Crippen LogP contribution in [0.2, 0.25) is 0 Å². The molecule has 0 unspecified atom stereocenters. The number of rotatable bonds is 6. The number of H-pyrrole nitrogens is 1. The molecule has 2 amide bonds. The summed E-state index contributed by atoms with van der Waals surface area (Å²) in [6.45, 7) is 4.23. The molecule has 1 aromatic heterocycles. The van der Waals surface area contributed by atoms with Gasteiger partial charge in [-0.3, -0.25) is 9.59 Å². The van der Waals surface area contributed by atoms with E-state index in [2.05, 4.69) is 38.2 Å². The maximum atomic E-state index is 12.0. The van der Waals surface area contributed by atoms with Crippen LogP contribution in [0.25, 0.3) is 0 Å². The quantitative estimate of drug-likeness (QED) is 0.603. The number of nitrogens with one attached hydrogen (secondary N) is 3. The number of amides is 2. The maximum Gasteiger partial charge on any atom is 0.271 e. The molecule has 0 saturated heterocycles. The van der Waals surface area contributed by atoms with Crippen molar-refractivity contribution in [2.45, 2.75) is 20.0 Å². The van der Waals surface area contributed by atoms with E-state index in [0.29, 0.717) is 18.0 Å². The first-order valence-electron chi connectivity index (χ1n) is 7.61. The molecule has 1 atom stereocenters.